The predicted molar refractivity (Wildman–Crippen MR) is 68.2 cm³/mol. The van der Waals surface area contributed by atoms with Crippen LogP contribution in [0, 0.1) is 0 Å². The monoisotopic (exact) mass is 261 g/mol. The first-order valence-electron chi connectivity index (χ1n) is 5.03. The van der Waals surface area contributed by atoms with Crippen LogP contribution in [0.3, 0.4) is 0 Å². The van der Waals surface area contributed by atoms with Crippen LogP contribution in [0.25, 0.3) is 0 Å². The van der Waals surface area contributed by atoms with E-state index in [1.54, 1.807) is 11.8 Å². The van der Waals surface area contributed by atoms with Crippen molar-refractivity contribution in [3.63, 3.8) is 0 Å². The summed E-state index contributed by atoms with van der Waals surface area (Å²) in [6.45, 7) is 5.25. The number of hydrogen-bond donors (Lipinski definition) is 1. The van der Waals surface area contributed by atoms with Crippen molar-refractivity contribution in [2.45, 2.75) is 30.0 Å². The maximum atomic E-state index is 6.23. The van der Waals surface area contributed by atoms with Gasteiger partial charge in [-0.3, -0.25) is 0 Å². The van der Waals surface area contributed by atoms with Crippen LogP contribution >= 0.6 is 35.0 Å². The fraction of sp³-hybridized carbons (Fsp3) is 0.455. The maximum absolute atomic E-state index is 6.23. The van der Waals surface area contributed by atoms with Crippen LogP contribution in [-0.4, -0.2) is 11.8 Å². The van der Waals surface area contributed by atoms with Gasteiger partial charge in [0.15, 0.2) is 0 Å². The van der Waals surface area contributed by atoms with Crippen LogP contribution < -0.4 is 5.32 Å². The highest BCUT2D eigenvalue weighted by molar-refractivity contribution is 8.00. The van der Waals surface area contributed by atoms with Crippen molar-refractivity contribution < 1.29 is 0 Å². The molecule has 0 bridgehead atoms. The summed E-state index contributed by atoms with van der Waals surface area (Å²) in [5.41, 5.74) is 1.17. The molecule has 1 aromatic rings. The summed E-state index contributed by atoms with van der Waals surface area (Å²) in [5, 5.41) is 5.57. The average Bonchev–Trinajstić information content (AvgIpc) is 2.53. The molecule has 0 saturated heterocycles. The number of rotatable bonds is 2. The fourth-order valence-electron chi connectivity index (χ4n) is 1.94. The summed E-state index contributed by atoms with van der Waals surface area (Å²) in [4.78, 5) is 1.14. The zero-order chi connectivity index (χ0) is 11.0. The van der Waals surface area contributed by atoms with E-state index in [2.05, 4.69) is 19.2 Å². The van der Waals surface area contributed by atoms with Crippen molar-refractivity contribution in [3.05, 3.63) is 27.7 Å². The molecule has 2 unspecified atom stereocenters. The highest BCUT2D eigenvalue weighted by Crippen LogP contribution is 2.49. The van der Waals surface area contributed by atoms with Crippen molar-refractivity contribution in [1.29, 1.82) is 0 Å². The van der Waals surface area contributed by atoms with E-state index in [9.17, 15) is 0 Å². The van der Waals surface area contributed by atoms with Crippen molar-refractivity contribution in [2.24, 2.45) is 0 Å². The topological polar surface area (TPSA) is 12.0 Å². The molecule has 82 valence electrons. The smallest absolute Gasteiger partial charge is 0.0546 e. The van der Waals surface area contributed by atoms with Crippen molar-refractivity contribution in [3.8, 4) is 0 Å². The van der Waals surface area contributed by atoms with Crippen molar-refractivity contribution >= 4 is 35.0 Å². The summed E-state index contributed by atoms with van der Waals surface area (Å²) in [7, 11) is 0. The summed E-state index contributed by atoms with van der Waals surface area (Å²) in [6, 6.07) is 4.07. The maximum Gasteiger partial charge on any atom is 0.0546 e. The van der Waals surface area contributed by atoms with Crippen molar-refractivity contribution in [1.82, 2.24) is 5.32 Å². The van der Waals surface area contributed by atoms with E-state index in [4.69, 9.17) is 23.2 Å². The van der Waals surface area contributed by atoms with Gasteiger partial charge < -0.3 is 5.32 Å². The van der Waals surface area contributed by atoms with Crippen LogP contribution in [0.15, 0.2) is 17.0 Å². The molecule has 4 heteroatoms. The highest BCUT2D eigenvalue weighted by Gasteiger charge is 2.32. The number of benzene rings is 1. The highest BCUT2D eigenvalue weighted by atomic mass is 35.5. The van der Waals surface area contributed by atoms with Gasteiger partial charge in [-0.1, -0.05) is 37.0 Å². The molecule has 2 atom stereocenters. The van der Waals surface area contributed by atoms with Crippen LogP contribution in [0.5, 0.6) is 0 Å². The van der Waals surface area contributed by atoms with Gasteiger partial charge in [-0.05, 0) is 18.7 Å². The molecule has 0 aromatic heterocycles. The predicted octanol–water partition coefficient (Wildman–Crippen LogP) is 4.14. The van der Waals surface area contributed by atoms with Gasteiger partial charge in [-0.2, -0.15) is 0 Å². The van der Waals surface area contributed by atoms with Gasteiger partial charge in [0.2, 0.25) is 0 Å². The number of thioether (sulfide) groups is 1. The first kappa shape index (κ1) is 11.6. The summed E-state index contributed by atoms with van der Waals surface area (Å²) in [6.07, 6.45) is 0. The molecule has 0 radical (unpaired) electrons. The Kier molecular flexibility index (Phi) is 3.51. The molecule has 0 spiro atoms. The molecule has 1 nitrogen and oxygen atoms in total. The van der Waals surface area contributed by atoms with Gasteiger partial charge in [0.05, 0.1) is 5.02 Å². The number of hydrogen-bond acceptors (Lipinski definition) is 2. The fourth-order valence-corrected chi connectivity index (χ4v) is 3.85. The van der Waals surface area contributed by atoms with Crippen LogP contribution in [0.4, 0.5) is 0 Å². The van der Waals surface area contributed by atoms with Crippen LogP contribution in [0.2, 0.25) is 10.0 Å². The lowest BCUT2D eigenvalue weighted by molar-refractivity contribution is 0.553. The molecular formula is C11H13Cl2NS. The third kappa shape index (κ3) is 2.01. The minimum atomic E-state index is 0.321. The Morgan fingerprint density at radius 3 is 2.67 bits per heavy atom. The second-order valence-electron chi connectivity index (χ2n) is 3.63. The van der Waals surface area contributed by atoms with Gasteiger partial charge >= 0.3 is 0 Å². The van der Waals surface area contributed by atoms with Gasteiger partial charge in [0.1, 0.15) is 0 Å². The summed E-state index contributed by atoms with van der Waals surface area (Å²) < 4.78 is 0. The van der Waals surface area contributed by atoms with Gasteiger partial charge in [0.25, 0.3) is 0 Å². The third-order valence-corrected chi connectivity index (χ3v) is 4.68. The first-order chi connectivity index (χ1) is 7.15. The Morgan fingerprint density at radius 2 is 2.00 bits per heavy atom. The van der Waals surface area contributed by atoms with E-state index < -0.39 is 0 Å². The second-order valence-corrected chi connectivity index (χ2v) is 5.83. The number of fused-ring (bicyclic) bond motifs is 1. The Bertz CT molecular complexity index is 381. The van der Waals surface area contributed by atoms with Crippen molar-refractivity contribution in [2.75, 3.05) is 6.54 Å². The average molecular weight is 262 g/mol. The van der Waals surface area contributed by atoms with Crippen LogP contribution in [-0.2, 0) is 0 Å². The Balaban J connectivity index is 2.47. The van der Waals surface area contributed by atoms with Gasteiger partial charge in [-0.15, -0.1) is 11.8 Å². The molecule has 0 fully saturated rings. The largest absolute Gasteiger partial charge is 0.309 e. The molecule has 0 saturated carbocycles. The van der Waals surface area contributed by atoms with Gasteiger partial charge in [-0.25, -0.2) is 0 Å². The molecule has 1 aliphatic heterocycles. The first-order valence-corrected chi connectivity index (χ1v) is 6.66. The Morgan fingerprint density at radius 1 is 1.33 bits per heavy atom. The van der Waals surface area contributed by atoms with E-state index >= 15 is 0 Å². The third-order valence-electron chi connectivity index (χ3n) is 2.60. The Hall–Kier alpha value is 0.110. The standard InChI is InChI=1S/C11H13Cl2NS/c1-3-14-10-6(2)15-11-8(13)5-4-7(12)9(10)11/h4-6,10,14H,3H2,1-2H3. The molecule has 2 rings (SSSR count). The zero-order valence-electron chi connectivity index (χ0n) is 8.68. The van der Waals surface area contributed by atoms with E-state index in [1.165, 1.54) is 5.56 Å². The van der Waals surface area contributed by atoms with E-state index in [-0.39, 0.29) is 0 Å². The normalized spacial score (nSPS) is 24.3. The van der Waals surface area contributed by atoms with E-state index in [0.29, 0.717) is 11.3 Å². The molecule has 1 N–H and O–H groups in total. The molecule has 0 amide bonds. The minimum Gasteiger partial charge on any atom is -0.309 e. The zero-order valence-corrected chi connectivity index (χ0v) is 11.0. The minimum absolute atomic E-state index is 0.321. The molecular weight excluding hydrogens is 249 g/mol. The van der Waals surface area contributed by atoms with E-state index in [1.807, 2.05) is 12.1 Å². The molecule has 1 heterocycles. The lowest BCUT2D eigenvalue weighted by Gasteiger charge is -2.17. The van der Waals surface area contributed by atoms with Gasteiger partial charge in [0, 0.05) is 26.8 Å². The lowest BCUT2D eigenvalue weighted by Crippen LogP contribution is -2.25. The second kappa shape index (κ2) is 4.54. The quantitative estimate of drug-likeness (QED) is 0.859. The van der Waals surface area contributed by atoms with E-state index in [0.717, 1.165) is 21.5 Å². The summed E-state index contributed by atoms with van der Waals surface area (Å²) >= 11 is 14.2. The number of nitrogens with one attached hydrogen (secondary N) is 1. The Labute approximate surface area is 105 Å². The molecule has 0 aliphatic carbocycles. The number of halogens is 2. The summed E-state index contributed by atoms with van der Waals surface area (Å²) in [5.74, 6) is 0. The molecule has 1 aliphatic rings. The van der Waals surface area contributed by atoms with Crippen LogP contribution in [0.1, 0.15) is 25.5 Å². The lowest BCUT2D eigenvalue weighted by atomic mass is 10.0. The SMILES string of the molecule is CCNC1c2c(Cl)ccc(Cl)c2SC1C. The molecule has 1 aromatic carbocycles. The molecule has 15 heavy (non-hydrogen) atoms.